The maximum Gasteiger partial charge on any atom is 0.102 e. The van der Waals surface area contributed by atoms with Gasteiger partial charge in [-0.2, -0.15) is 0 Å². The van der Waals surface area contributed by atoms with E-state index in [1.165, 1.54) is 6.08 Å². The van der Waals surface area contributed by atoms with E-state index < -0.39 is 0 Å². The van der Waals surface area contributed by atoms with Crippen LogP contribution in [0.1, 0.15) is 27.7 Å². The van der Waals surface area contributed by atoms with Crippen molar-refractivity contribution < 1.29 is 4.39 Å². The third kappa shape index (κ3) is 5.84. The molecular formula is C10H17F. The second-order valence-corrected chi connectivity index (χ2v) is 3.34. The number of allylic oxidation sites excluding steroid dienone is 4. The van der Waals surface area contributed by atoms with Crippen molar-refractivity contribution in [1.29, 1.82) is 0 Å². The first-order valence-electron chi connectivity index (χ1n) is 4.08. The van der Waals surface area contributed by atoms with Gasteiger partial charge in [-0.05, 0) is 12.0 Å². The molecule has 0 spiro atoms. The first kappa shape index (κ1) is 10.4. The second-order valence-electron chi connectivity index (χ2n) is 3.34. The summed E-state index contributed by atoms with van der Waals surface area (Å²) in [7, 11) is 0. The van der Waals surface area contributed by atoms with Crippen molar-refractivity contribution in [3.8, 4) is 0 Å². The molecule has 0 nitrogen and oxygen atoms in total. The van der Waals surface area contributed by atoms with E-state index in [4.69, 9.17) is 0 Å². The van der Waals surface area contributed by atoms with E-state index in [9.17, 15) is 4.39 Å². The average Bonchev–Trinajstić information content (AvgIpc) is 1.86. The van der Waals surface area contributed by atoms with Crippen LogP contribution >= 0.6 is 0 Å². The lowest BCUT2D eigenvalue weighted by Gasteiger charge is -1.97. The van der Waals surface area contributed by atoms with E-state index in [-0.39, 0.29) is 11.7 Å². The van der Waals surface area contributed by atoms with E-state index in [1.807, 2.05) is 19.9 Å². The van der Waals surface area contributed by atoms with Gasteiger partial charge in [-0.1, -0.05) is 39.8 Å². The number of hydrogen-bond acceptors (Lipinski definition) is 0. The molecule has 0 aliphatic heterocycles. The zero-order chi connectivity index (χ0) is 8.85. The average molecular weight is 156 g/mol. The molecule has 0 aromatic carbocycles. The molecular weight excluding hydrogens is 139 g/mol. The Balaban J connectivity index is 3.91. The third-order valence-electron chi connectivity index (χ3n) is 1.30. The highest BCUT2D eigenvalue weighted by atomic mass is 19.1. The van der Waals surface area contributed by atoms with Gasteiger partial charge in [-0.15, -0.1) is 0 Å². The Kier molecular flexibility index (Phi) is 4.84. The van der Waals surface area contributed by atoms with Crippen LogP contribution in [0.15, 0.2) is 24.1 Å². The molecule has 0 atom stereocenters. The Morgan fingerprint density at radius 3 is 2.09 bits per heavy atom. The first-order valence-corrected chi connectivity index (χ1v) is 4.08. The topological polar surface area (TPSA) is 0 Å². The van der Waals surface area contributed by atoms with E-state index in [1.54, 1.807) is 6.08 Å². The molecule has 0 heterocycles. The van der Waals surface area contributed by atoms with Gasteiger partial charge in [0.15, 0.2) is 0 Å². The van der Waals surface area contributed by atoms with E-state index in [0.29, 0.717) is 5.92 Å². The summed E-state index contributed by atoms with van der Waals surface area (Å²) in [5.41, 5.74) is 0. The fourth-order valence-electron chi connectivity index (χ4n) is 0.562. The largest absolute Gasteiger partial charge is 0.212 e. The molecule has 0 aliphatic rings. The Labute approximate surface area is 68.8 Å². The molecule has 0 amide bonds. The molecule has 0 aromatic rings. The summed E-state index contributed by atoms with van der Waals surface area (Å²) in [5.74, 6) is 0.444. The van der Waals surface area contributed by atoms with Crippen molar-refractivity contribution in [2.75, 3.05) is 0 Å². The molecule has 0 saturated carbocycles. The molecule has 11 heavy (non-hydrogen) atoms. The molecule has 0 saturated heterocycles. The van der Waals surface area contributed by atoms with Crippen LogP contribution in [0.5, 0.6) is 0 Å². The van der Waals surface area contributed by atoms with E-state index in [2.05, 4.69) is 13.8 Å². The first-order chi connectivity index (χ1) is 5.04. The fourth-order valence-corrected chi connectivity index (χ4v) is 0.562. The van der Waals surface area contributed by atoms with Crippen LogP contribution in [-0.4, -0.2) is 0 Å². The normalized spacial score (nSPS) is 13.9. The summed E-state index contributed by atoms with van der Waals surface area (Å²) in [6, 6.07) is 0. The SMILES string of the molecule is CC(C)/C=C\C=C(\F)C(C)C. The summed E-state index contributed by atoms with van der Waals surface area (Å²) < 4.78 is 12.8. The van der Waals surface area contributed by atoms with Gasteiger partial charge < -0.3 is 0 Å². The van der Waals surface area contributed by atoms with Gasteiger partial charge in [0.25, 0.3) is 0 Å². The van der Waals surface area contributed by atoms with Crippen molar-refractivity contribution in [2.45, 2.75) is 27.7 Å². The molecule has 0 aliphatic carbocycles. The summed E-state index contributed by atoms with van der Waals surface area (Å²) in [4.78, 5) is 0. The van der Waals surface area contributed by atoms with Gasteiger partial charge in [0, 0.05) is 5.92 Å². The summed E-state index contributed by atoms with van der Waals surface area (Å²) >= 11 is 0. The monoisotopic (exact) mass is 156 g/mol. The van der Waals surface area contributed by atoms with Crippen molar-refractivity contribution in [3.05, 3.63) is 24.1 Å². The smallest absolute Gasteiger partial charge is 0.102 e. The Morgan fingerprint density at radius 1 is 1.18 bits per heavy atom. The van der Waals surface area contributed by atoms with Gasteiger partial charge in [0.2, 0.25) is 0 Å². The van der Waals surface area contributed by atoms with Gasteiger partial charge in [-0.3, -0.25) is 0 Å². The quantitative estimate of drug-likeness (QED) is 0.546. The highest BCUT2D eigenvalue weighted by Gasteiger charge is 1.97. The summed E-state index contributed by atoms with van der Waals surface area (Å²) in [6.07, 6.45) is 5.28. The maximum absolute atomic E-state index is 12.8. The Morgan fingerprint density at radius 2 is 1.73 bits per heavy atom. The predicted octanol–water partition coefficient (Wildman–Crippen LogP) is 3.71. The highest BCUT2D eigenvalue weighted by Crippen LogP contribution is 2.10. The van der Waals surface area contributed by atoms with Crippen molar-refractivity contribution >= 4 is 0 Å². The number of rotatable bonds is 3. The Hall–Kier alpha value is -0.590. The van der Waals surface area contributed by atoms with Crippen LogP contribution in [0.4, 0.5) is 4.39 Å². The molecule has 0 radical (unpaired) electrons. The molecule has 0 aromatic heterocycles. The molecule has 0 rings (SSSR count). The van der Waals surface area contributed by atoms with Gasteiger partial charge in [-0.25, -0.2) is 4.39 Å². The molecule has 0 bridgehead atoms. The maximum atomic E-state index is 12.8. The van der Waals surface area contributed by atoms with Crippen molar-refractivity contribution in [3.63, 3.8) is 0 Å². The van der Waals surface area contributed by atoms with E-state index in [0.717, 1.165) is 0 Å². The summed E-state index contributed by atoms with van der Waals surface area (Å²) in [6.45, 7) is 7.82. The van der Waals surface area contributed by atoms with Crippen LogP contribution in [0.3, 0.4) is 0 Å². The minimum atomic E-state index is -0.0538. The molecule has 64 valence electrons. The highest BCUT2D eigenvalue weighted by molar-refractivity contribution is 5.08. The molecule has 0 unspecified atom stereocenters. The van der Waals surface area contributed by atoms with Gasteiger partial charge in [0.05, 0.1) is 0 Å². The predicted molar refractivity (Wildman–Crippen MR) is 48.0 cm³/mol. The minimum Gasteiger partial charge on any atom is -0.212 e. The molecule has 0 N–H and O–H groups in total. The zero-order valence-corrected chi connectivity index (χ0v) is 7.76. The van der Waals surface area contributed by atoms with Crippen molar-refractivity contribution in [2.24, 2.45) is 11.8 Å². The van der Waals surface area contributed by atoms with Crippen LogP contribution in [-0.2, 0) is 0 Å². The van der Waals surface area contributed by atoms with Crippen molar-refractivity contribution in [1.82, 2.24) is 0 Å². The van der Waals surface area contributed by atoms with Crippen LogP contribution in [0.25, 0.3) is 0 Å². The number of hydrogen-bond donors (Lipinski definition) is 0. The summed E-state index contributed by atoms with van der Waals surface area (Å²) in [5, 5.41) is 0. The lowest BCUT2D eigenvalue weighted by Crippen LogP contribution is -1.85. The zero-order valence-electron chi connectivity index (χ0n) is 7.76. The van der Waals surface area contributed by atoms with E-state index >= 15 is 0 Å². The Bertz CT molecular complexity index is 152. The van der Waals surface area contributed by atoms with Crippen LogP contribution in [0, 0.1) is 11.8 Å². The minimum absolute atomic E-state index is 0.00631. The second kappa shape index (κ2) is 5.11. The number of halogens is 1. The van der Waals surface area contributed by atoms with Gasteiger partial charge >= 0.3 is 0 Å². The van der Waals surface area contributed by atoms with Gasteiger partial charge in [0.1, 0.15) is 5.83 Å². The van der Waals surface area contributed by atoms with Crippen LogP contribution in [0.2, 0.25) is 0 Å². The van der Waals surface area contributed by atoms with Crippen LogP contribution < -0.4 is 0 Å². The molecule has 1 heteroatoms. The molecule has 0 fully saturated rings. The third-order valence-corrected chi connectivity index (χ3v) is 1.30. The lowest BCUT2D eigenvalue weighted by molar-refractivity contribution is 0.520. The fraction of sp³-hybridized carbons (Fsp3) is 0.600. The lowest BCUT2D eigenvalue weighted by atomic mass is 10.1. The standard InChI is InChI=1S/C10H17F/c1-8(2)6-5-7-10(11)9(3)4/h5-9H,1-4H3/b6-5-,10-7+.